The van der Waals surface area contributed by atoms with Crippen molar-refractivity contribution in [2.24, 2.45) is 5.92 Å². The average molecular weight is 259 g/mol. The van der Waals surface area contributed by atoms with Gasteiger partial charge < -0.3 is 10.2 Å². The molecule has 4 nitrogen and oxygen atoms in total. The normalized spacial score (nSPS) is 17.5. The van der Waals surface area contributed by atoms with E-state index < -0.39 is 0 Å². The molecule has 0 bridgehead atoms. The van der Waals surface area contributed by atoms with E-state index in [0.29, 0.717) is 18.9 Å². The number of hydrogen-bond donors (Lipinski definition) is 1. The predicted octanol–water partition coefficient (Wildman–Crippen LogP) is 2.12. The molecule has 0 aliphatic heterocycles. The summed E-state index contributed by atoms with van der Waals surface area (Å²) in [4.78, 5) is 18.2. The van der Waals surface area contributed by atoms with E-state index >= 15 is 0 Å². The predicted molar refractivity (Wildman–Crippen MR) is 76.9 cm³/mol. The second kappa shape index (κ2) is 6.36. The van der Waals surface area contributed by atoms with Crippen molar-refractivity contribution in [2.75, 3.05) is 19.0 Å². The van der Waals surface area contributed by atoms with Gasteiger partial charge in [-0.05, 0) is 24.8 Å². The van der Waals surface area contributed by atoms with Gasteiger partial charge in [0.15, 0.2) is 0 Å². The summed E-state index contributed by atoms with van der Waals surface area (Å²) in [6, 6.07) is 3.90. The van der Waals surface area contributed by atoms with Crippen molar-refractivity contribution >= 4 is 11.7 Å². The number of hydrogen-bond acceptors (Lipinski definition) is 3. The third-order valence-electron chi connectivity index (χ3n) is 3.33. The summed E-state index contributed by atoms with van der Waals surface area (Å²) in [7, 11) is 3.91. The third kappa shape index (κ3) is 3.81. The van der Waals surface area contributed by atoms with Gasteiger partial charge in [0.2, 0.25) is 5.91 Å². The fourth-order valence-corrected chi connectivity index (χ4v) is 2.34. The van der Waals surface area contributed by atoms with E-state index in [4.69, 9.17) is 0 Å². The molecule has 0 radical (unpaired) electrons. The first-order valence-electron chi connectivity index (χ1n) is 6.71. The number of carbonyl (C=O) groups is 1. The molecule has 1 aliphatic carbocycles. The van der Waals surface area contributed by atoms with Gasteiger partial charge in [0.25, 0.3) is 0 Å². The van der Waals surface area contributed by atoms with Crippen LogP contribution in [0.2, 0.25) is 0 Å². The first-order valence-corrected chi connectivity index (χ1v) is 6.71. The zero-order chi connectivity index (χ0) is 13.7. The van der Waals surface area contributed by atoms with Gasteiger partial charge in [0, 0.05) is 38.8 Å². The maximum atomic E-state index is 11.9. The summed E-state index contributed by atoms with van der Waals surface area (Å²) in [6.07, 6.45) is 8.87. The highest BCUT2D eigenvalue weighted by Gasteiger charge is 2.14. The Bertz CT molecular complexity index is 468. The van der Waals surface area contributed by atoms with Crippen LogP contribution >= 0.6 is 0 Å². The number of aromatic nitrogens is 1. The first kappa shape index (κ1) is 13.6. The number of pyridine rings is 1. The highest BCUT2D eigenvalue weighted by molar-refractivity contribution is 5.76. The number of allylic oxidation sites excluding steroid dienone is 2. The largest absolute Gasteiger partial charge is 0.362 e. The minimum absolute atomic E-state index is 0.116. The fourth-order valence-electron chi connectivity index (χ4n) is 2.34. The molecule has 1 N–H and O–H groups in total. The molecule has 0 saturated heterocycles. The molecule has 1 aromatic heterocycles. The Balaban J connectivity index is 1.87. The van der Waals surface area contributed by atoms with Crippen LogP contribution in [0.5, 0.6) is 0 Å². The Hall–Kier alpha value is -1.84. The van der Waals surface area contributed by atoms with Crippen molar-refractivity contribution in [3.8, 4) is 0 Å². The Kier molecular flexibility index (Phi) is 4.55. The lowest BCUT2D eigenvalue weighted by molar-refractivity contribution is -0.121. The first-order chi connectivity index (χ1) is 9.16. The Morgan fingerprint density at radius 2 is 2.37 bits per heavy atom. The van der Waals surface area contributed by atoms with E-state index in [0.717, 1.165) is 24.2 Å². The van der Waals surface area contributed by atoms with Gasteiger partial charge in [-0.3, -0.25) is 4.79 Å². The monoisotopic (exact) mass is 259 g/mol. The average Bonchev–Trinajstić information content (AvgIpc) is 2.89. The van der Waals surface area contributed by atoms with E-state index in [-0.39, 0.29) is 5.91 Å². The smallest absolute Gasteiger partial charge is 0.220 e. The van der Waals surface area contributed by atoms with Crippen LogP contribution < -0.4 is 10.2 Å². The van der Waals surface area contributed by atoms with Crippen LogP contribution in [-0.2, 0) is 11.3 Å². The standard InChI is InChI=1S/C15H21N3O/c1-18(2)15-13(8-5-9-16-15)11-17-14(19)10-12-6-3-4-7-12/h3,5-6,8-9,12H,4,7,10-11H2,1-2H3,(H,17,19). The summed E-state index contributed by atoms with van der Waals surface area (Å²) in [5.41, 5.74) is 1.04. The van der Waals surface area contributed by atoms with Crippen LogP contribution in [0.4, 0.5) is 5.82 Å². The molecule has 0 fully saturated rings. The van der Waals surface area contributed by atoms with E-state index in [1.54, 1.807) is 6.20 Å². The van der Waals surface area contributed by atoms with Crippen LogP contribution in [0.1, 0.15) is 24.8 Å². The molecule has 1 aliphatic rings. The summed E-state index contributed by atoms with van der Waals surface area (Å²) in [6.45, 7) is 0.538. The van der Waals surface area contributed by atoms with E-state index in [2.05, 4.69) is 22.5 Å². The number of amides is 1. The summed E-state index contributed by atoms with van der Waals surface area (Å²) in [5, 5.41) is 2.98. The zero-order valence-corrected chi connectivity index (χ0v) is 11.6. The fraction of sp³-hybridized carbons (Fsp3) is 0.467. The molecule has 1 unspecified atom stereocenters. The number of anilines is 1. The molecular formula is C15H21N3O. The lowest BCUT2D eigenvalue weighted by atomic mass is 10.1. The van der Waals surface area contributed by atoms with Crippen LogP contribution in [0.15, 0.2) is 30.5 Å². The topological polar surface area (TPSA) is 45.2 Å². The Morgan fingerprint density at radius 3 is 3.05 bits per heavy atom. The van der Waals surface area contributed by atoms with Gasteiger partial charge in [-0.15, -0.1) is 0 Å². The number of nitrogens with zero attached hydrogens (tertiary/aromatic N) is 2. The SMILES string of the molecule is CN(C)c1ncccc1CNC(=O)CC1C=CCC1. The second-order valence-electron chi connectivity index (χ2n) is 5.13. The maximum Gasteiger partial charge on any atom is 0.220 e. The van der Waals surface area contributed by atoms with Crippen molar-refractivity contribution in [2.45, 2.75) is 25.8 Å². The van der Waals surface area contributed by atoms with Crippen LogP contribution in [0, 0.1) is 5.92 Å². The number of rotatable bonds is 5. The molecule has 0 aromatic carbocycles. The number of carbonyl (C=O) groups excluding carboxylic acids is 1. The molecule has 2 rings (SSSR count). The Morgan fingerprint density at radius 1 is 1.53 bits per heavy atom. The van der Waals surface area contributed by atoms with Gasteiger partial charge in [-0.25, -0.2) is 4.98 Å². The summed E-state index contributed by atoms with van der Waals surface area (Å²) < 4.78 is 0. The van der Waals surface area contributed by atoms with Crippen LogP contribution in [0.3, 0.4) is 0 Å². The minimum Gasteiger partial charge on any atom is -0.362 e. The molecule has 1 heterocycles. The third-order valence-corrected chi connectivity index (χ3v) is 3.33. The van der Waals surface area contributed by atoms with Gasteiger partial charge in [-0.2, -0.15) is 0 Å². The lowest BCUT2D eigenvalue weighted by Gasteiger charge is -2.16. The molecule has 1 atom stereocenters. The van der Waals surface area contributed by atoms with Crippen molar-refractivity contribution in [1.82, 2.24) is 10.3 Å². The molecule has 19 heavy (non-hydrogen) atoms. The van der Waals surface area contributed by atoms with Crippen molar-refractivity contribution in [3.63, 3.8) is 0 Å². The van der Waals surface area contributed by atoms with Gasteiger partial charge >= 0.3 is 0 Å². The van der Waals surface area contributed by atoms with E-state index in [1.807, 2.05) is 31.1 Å². The molecular weight excluding hydrogens is 238 g/mol. The van der Waals surface area contributed by atoms with Crippen molar-refractivity contribution < 1.29 is 4.79 Å². The van der Waals surface area contributed by atoms with E-state index in [9.17, 15) is 4.79 Å². The maximum absolute atomic E-state index is 11.9. The van der Waals surface area contributed by atoms with Crippen molar-refractivity contribution in [3.05, 3.63) is 36.0 Å². The zero-order valence-electron chi connectivity index (χ0n) is 11.6. The summed E-state index contributed by atoms with van der Waals surface area (Å²) >= 11 is 0. The van der Waals surface area contributed by atoms with Crippen LogP contribution in [0.25, 0.3) is 0 Å². The molecule has 1 amide bonds. The van der Waals surface area contributed by atoms with Crippen molar-refractivity contribution in [1.29, 1.82) is 0 Å². The molecule has 1 aromatic rings. The highest BCUT2D eigenvalue weighted by atomic mass is 16.1. The van der Waals surface area contributed by atoms with Gasteiger partial charge in [0.1, 0.15) is 5.82 Å². The highest BCUT2D eigenvalue weighted by Crippen LogP contribution is 2.20. The van der Waals surface area contributed by atoms with Gasteiger partial charge in [0.05, 0.1) is 0 Å². The molecule has 0 saturated carbocycles. The Labute approximate surface area is 114 Å². The molecule has 102 valence electrons. The second-order valence-corrected chi connectivity index (χ2v) is 5.13. The van der Waals surface area contributed by atoms with Crippen LogP contribution in [-0.4, -0.2) is 25.0 Å². The van der Waals surface area contributed by atoms with Gasteiger partial charge in [-0.1, -0.05) is 18.2 Å². The minimum atomic E-state index is 0.116. The number of nitrogens with one attached hydrogen (secondary N) is 1. The molecule has 0 spiro atoms. The summed E-state index contributed by atoms with van der Waals surface area (Å²) in [5.74, 6) is 1.44. The lowest BCUT2D eigenvalue weighted by Crippen LogP contribution is -2.25. The molecule has 4 heteroatoms. The van der Waals surface area contributed by atoms with E-state index in [1.165, 1.54) is 0 Å². The quantitative estimate of drug-likeness (QED) is 0.824.